The highest BCUT2D eigenvalue weighted by molar-refractivity contribution is 5.88. The van der Waals surface area contributed by atoms with Gasteiger partial charge < -0.3 is 4.74 Å². The van der Waals surface area contributed by atoms with Gasteiger partial charge in [-0.05, 0) is 12.1 Å². The van der Waals surface area contributed by atoms with Gasteiger partial charge in [0, 0.05) is 12.4 Å². The van der Waals surface area contributed by atoms with Crippen LogP contribution in [0.3, 0.4) is 0 Å². The maximum atomic E-state index is 10.8. The van der Waals surface area contributed by atoms with Crippen LogP contribution in [0.15, 0.2) is 24.5 Å². The second-order valence-electron chi connectivity index (χ2n) is 1.94. The molecule has 0 aliphatic rings. The summed E-state index contributed by atoms with van der Waals surface area (Å²) in [6.07, 6.45) is 4.57. The normalized spacial score (nSPS) is 6.56. The van der Waals surface area contributed by atoms with Gasteiger partial charge in [-0.1, -0.05) is 0 Å². The smallest absolute Gasteiger partial charge is 0.339 e. The molecule has 0 aliphatic heterocycles. The number of aromatic nitrogens is 1. The molecule has 7 nitrogen and oxygen atoms in total. The third-order valence-electron chi connectivity index (χ3n) is 1.08. The van der Waals surface area contributed by atoms with Crippen molar-refractivity contribution in [1.29, 1.82) is 10.8 Å². The van der Waals surface area contributed by atoms with Crippen LogP contribution in [-0.4, -0.2) is 30.2 Å². The SMILES string of the molecule is COC(=O)c1cccnc1.N=C=O.N=C=O. The molecular weight excluding hydrogens is 214 g/mol. The number of hydrogen-bond donors (Lipinski definition) is 2. The average molecular weight is 223 g/mol. The lowest BCUT2D eigenvalue weighted by molar-refractivity contribution is 0.0600. The van der Waals surface area contributed by atoms with Crippen LogP contribution in [0.25, 0.3) is 0 Å². The van der Waals surface area contributed by atoms with E-state index in [0.717, 1.165) is 12.2 Å². The van der Waals surface area contributed by atoms with Crippen LogP contribution in [0.1, 0.15) is 10.4 Å². The molecule has 0 saturated carbocycles. The van der Waals surface area contributed by atoms with Crippen LogP contribution in [0.5, 0.6) is 0 Å². The van der Waals surface area contributed by atoms with Crippen LogP contribution < -0.4 is 0 Å². The predicted molar refractivity (Wildman–Crippen MR) is 52.4 cm³/mol. The molecule has 1 rings (SSSR count). The Bertz CT molecular complexity index is 354. The maximum Gasteiger partial charge on any atom is 0.339 e. The lowest BCUT2D eigenvalue weighted by Crippen LogP contribution is -2.00. The Morgan fingerprint density at radius 1 is 1.38 bits per heavy atom. The number of pyridine rings is 1. The van der Waals surface area contributed by atoms with Gasteiger partial charge in [0.1, 0.15) is 0 Å². The highest BCUT2D eigenvalue weighted by Gasteiger charge is 2.01. The Hall–Kier alpha value is -2.62. The van der Waals surface area contributed by atoms with E-state index in [-0.39, 0.29) is 5.97 Å². The molecule has 0 aromatic carbocycles. The molecule has 2 N–H and O–H groups in total. The van der Waals surface area contributed by atoms with E-state index >= 15 is 0 Å². The van der Waals surface area contributed by atoms with Crippen molar-refractivity contribution in [3.05, 3.63) is 30.1 Å². The first-order valence-corrected chi connectivity index (χ1v) is 3.74. The van der Waals surface area contributed by atoms with Crippen molar-refractivity contribution in [3.8, 4) is 0 Å². The zero-order valence-corrected chi connectivity index (χ0v) is 8.39. The van der Waals surface area contributed by atoms with Gasteiger partial charge in [0.25, 0.3) is 0 Å². The highest BCUT2D eigenvalue weighted by Crippen LogP contribution is 1.96. The van der Waals surface area contributed by atoms with Gasteiger partial charge in [0.2, 0.25) is 12.2 Å². The van der Waals surface area contributed by atoms with E-state index in [1.54, 1.807) is 18.3 Å². The number of nitrogens with zero attached hydrogens (tertiary/aromatic N) is 1. The second kappa shape index (κ2) is 12.4. The summed E-state index contributed by atoms with van der Waals surface area (Å²) in [5.74, 6) is -0.354. The molecular formula is C9H9N3O4. The summed E-state index contributed by atoms with van der Waals surface area (Å²) in [6.45, 7) is 0. The number of carbonyl (C=O) groups is 1. The minimum atomic E-state index is -0.354. The van der Waals surface area contributed by atoms with E-state index in [1.165, 1.54) is 13.3 Å². The van der Waals surface area contributed by atoms with Crippen LogP contribution in [0.2, 0.25) is 0 Å². The quantitative estimate of drug-likeness (QED) is 0.411. The predicted octanol–water partition coefficient (Wildman–Crippen LogP) is 0.670. The molecule has 1 aromatic rings. The van der Waals surface area contributed by atoms with Crippen molar-refractivity contribution in [2.24, 2.45) is 0 Å². The Morgan fingerprint density at radius 2 is 1.88 bits per heavy atom. The van der Waals surface area contributed by atoms with Crippen molar-refractivity contribution >= 4 is 18.1 Å². The first kappa shape index (κ1) is 15.8. The summed E-state index contributed by atoms with van der Waals surface area (Å²) in [4.78, 5) is 31.2. The van der Waals surface area contributed by atoms with E-state index in [0.29, 0.717) is 5.56 Å². The summed E-state index contributed by atoms with van der Waals surface area (Å²) < 4.78 is 4.46. The van der Waals surface area contributed by atoms with Gasteiger partial charge in [0.15, 0.2) is 0 Å². The Kier molecular flexibility index (Phi) is 12.3. The Labute approximate surface area is 91.1 Å². The Balaban J connectivity index is 0. The van der Waals surface area contributed by atoms with E-state index in [2.05, 4.69) is 9.72 Å². The lowest BCUT2D eigenvalue weighted by Gasteiger charge is -1.94. The topological polar surface area (TPSA) is 121 Å². The zero-order chi connectivity index (χ0) is 12.8. The maximum absolute atomic E-state index is 10.8. The number of isocyanates is 2. The molecule has 7 heteroatoms. The lowest BCUT2D eigenvalue weighted by atomic mass is 10.3. The summed E-state index contributed by atoms with van der Waals surface area (Å²) in [7, 11) is 1.34. The molecule has 0 saturated heterocycles. The fourth-order valence-corrected chi connectivity index (χ4v) is 0.601. The summed E-state index contributed by atoms with van der Waals surface area (Å²) in [5, 5.41) is 10.8. The summed E-state index contributed by atoms with van der Waals surface area (Å²) in [6, 6.07) is 3.34. The number of ether oxygens (including phenoxy) is 1. The van der Waals surface area contributed by atoms with Crippen molar-refractivity contribution in [2.75, 3.05) is 7.11 Å². The van der Waals surface area contributed by atoms with E-state index in [4.69, 9.17) is 20.4 Å². The molecule has 1 heterocycles. The van der Waals surface area contributed by atoms with Gasteiger partial charge in [-0.3, -0.25) is 4.98 Å². The third kappa shape index (κ3) is 9.47. The van der Waals surface area contributed by atoms with Gasteiger partial charge in [-0.15, -0.1) is 0 Å². The molecule has 0 spiro atoms. The van der Waals surface area contributed by atoms with E-state index < -0.39 is 0 Å². The van der Waals surface area contributed by atoms with Crippen molar-refractivity contribution in [2.45, 2.75) is 0 Å². The van der Waals surface area contributed by atoms with Gasteiger partial charge in [-0.25, -0.2) is 25.2 Å². The van der Waals surface area contributed by atoms with E-state index in [1.807, 2.05) is 0 Å². The number of hydrogen-bond acceptors (Lipinski definition) is 7. The number of esters is 1. The molecule has 0 atom stereocenters. The molecule has 0 aliphatic carbocycles. The molecule has 0 amide bonds. The molecule has 0 unspecified atom stereocenters. The van der Waals surface area contributed by atoms with Crippen molar-refractivity contribution < 1.29 is 19.1 Å². The number of carbonyl (C=O) groups excluding carboxylic acids is 3. The molecule has 0 fully saturated rings. The Morgan fingerprint density at radius 3 is 2.19 bits per heavy atom. The molecule has 0 bridgehead atoms. The number of rotatable bonds is 1. The minimum Gasteiger partial charge on any atom is -0.465 e. The van der Waals surface area contributed by atoms with Crippen LogP contribution in [0.4, 0.5) is 0 Å². The second-order valence-corrected chi connectivity index (χ2v) is 1.94. The first-order valence-electron chi connectivity index (χ1n) is 3.74. The fourth-order valence-electron chi connectivity index (χ4n) is 0.601. The molecule has 84 valence electrons. The van der Waals surface area contributed by atoms with Crippen LogP contribution in [0, 0.1) is 10.8 Å². The molecule has 16 heavy (non-hydrogen) atoms. The standard InChI is InChI=1S/C7H7NO2.2CHNO/c1-10-7(9)6-3-2-4-8-5-6;2*2-1-3/h2-5H,1H3;2*2H. The fraction of sp³-hybridized carbons (Fsp3) is 0.111. The van der Waals surface area contributed by atoms with Crippen molar-refractivity contribution in [1.82, 2.24) is 4.98 Å². The minimum absolute atomic E-state index is 0.354. The first-order chi connectivity index (χ1) is 7.67. The van der Waals surface area contributed by atoms with Gasteiger partial charge in [0.05, 0.1) is 12.7 Å². The highest BCUT2D eigenvalue weighted by atomic mass is 16.5. The third-order valence-corrected chi connectivity index (χ3v) is 1.08. The van der Waals surface area contributed by atoms with Gasteiger partial charge >= 0.3 is 5.97 Å². The monoisotopic (exact) mass is 223 g/mol. The summed E-state index contributed by atoms with van der Waals surface area (Å²) in [5.41, 5.74) is 0.477. The number of methoxy groups -OCH3 is 1. The largest absolute Gasteiger partial charge is 0.465 e. The van der Waals surface area contributed by atoms with E-state index in [9.17, 15) is 4.79 Å². The van der Waals surface area contributed by atoms with Crippen molar-refractivity contribution in [3.63, 3.8) is 0 Å². The van der Waals surface area contributed by atoms with Crippen LogP contribution >= 0.6 is 0 Å². The number of nitrogens with one attached hydrogen (secondary N) is 2. The zero-order valence-electron chi connectivity index (χ0n) is 8.39. The van der Waals surface area contributed by atoms with Gasteiger partial charge in [-0.2, -0.15) is 0 Å². The molecule has 1 aromatic heterocycles. The summed E-state index contributed by atoms with van der Waals surface area (Å²) >= 11 is 0. The average Bonchev–Trinajstić information content (AvgIpc) is 2.31. The van der Waals surface area contributed by atoms with Crippen LogP contribution in [-0.2, 0) is 14.3 Å². The molecule has 0 radical (unpaired) electrons.